The van der Waals surface area contributed by atoms with Gasteiger partial charge in [-0.1, -0.05) is 45.0 Å². The van der Waals surface area contributed by atoms with E-state index in [1.807, 2.05) is 17.5 Å². The van der Waals surface area contributed by atoms with E-state index in [1.54, 1.807) is 0 Å². The maximum Gasteiger partial charge on any atom is 0.332 e. The number of fused-ring (bicyclic) bond motifs is 1. The van der Waals surface area contributed by atoms with Crippen molar-refractivity contribution in [3.63, 3.8) is 0 Å². The summed E-state index contributed by atoms with van der Waals surface area (Å²) in [6, 6.07) is 9.66. The van der Waals surface area contributed by atoms with E-state index in [1.165, 1.54) is 47.8 Å². The van der Waals surface area contributed by atoms with Gasteiger partial charge in [0.15, 0.2) is 5.13 Å². The normalized spacial score (nSPS) is 11.7. The van der Waals surface area contributed by atoms with Crippen LogP contribution in [-0.2, 0) is 19.5 Å². The Labute approximate surface area is 188 Å². The SMILES string of the molecule is Cn1c(=O)c2cc(C(=O)Nc3nc(-c4ccc(C(C)(C)C)cc4)cs3)cnc2n(C)c1=O. The Morgan fingerprint density at radius 3 is 2.41 bits per heavy atom. The molecule has 1 amide bonds. The Morgan fingerprint density at radius 2 is 1.75 bits per heavy atom. The molecule has 1 aromatic carbocycles. The number of anilines is 1. The molecular weight excluding hydrogens is 426 g/mol. The second-order valence-corrected chi connectivity index (χ2v) is 9.48. The molecule has 0 aliphatic carbocycles. The summed E-state index contributed by atoms with van der Waals surface area (Å²) in [7, 11) is 2.92. The fourth-order valence-electron chi connectivity index (χ4n) is 3.36. The molecular formula is C23H23N5O3S. The average molecular weight is 450 g/mol. The van der Waals surface area contributed by atoms with Gasteiger partial charge < -0.3 is 0 Å². The van der Waals surface area contributed by atoms with Crippen LogP contribution in [0.3, 0.4) is 0 Å². The number of amides is 1. The zero-order valence-corrected chi connectivity index (χ0v) is 19.3. The lowest BCUT2D eigenvalue weighted by Gasteiger charge is -2.18. The monoisotopic (exact) mass is 449 g/mol. The Morgan fingerprint density at radius 1 is 1.06 bits per heavy atom. The molecule has 0 radical (unpaired) electrons. The van der Waals surface area contributed by atoms with Crippen molar-refractivity contribution in [2.45, 2.75) is 26.2 Å². The van der Waals surface area contributed by atoms with Crippen LogP contribution < -0.4 is 16.6 Å². The summed E-state index contributed by atoms with van der Waals surface area (Å²) in [5.41, 5.74) is 2.50. The molecule has 3 heterocycles. The molecule has 0 atom stereocenters. The zero-order chi connectivity index (χ0) is 23.2. The van der Waals surface area contributed by atoms with Crippen LogP contribution in [-0.4, -0.2) is 25.0 Å². The smallest absolute Gasteiger partial charge is 0.298 e. The minimum absolute atomic E-state index is 0.0704. The van der Waals surface area contributed by atoms with Gasteiger partial charge in [0.25, 0.3) is 11.5 Å². The third-order valence-electron chi connectivity index (χ3n) is 5.33. The molecule has 0 aliphatic heterocycles. The Kier molecular flexibility index (Phi) is 5.29. The number of carbonyl (C=O) groups excluding carboxylic acids is 1. The summed E-state index contributed by atoms with van der Waals surface area (Å²) >= 11 is 1.32. The molecule has 0 unspecified atom stereocenters. The molecule has 4 rings (SSSR count). The fourth-order valence-corrected chi connectivity index (χ4v) is 4.08. The van der Waals surface area contributed by atoms with Crippen molar-refractivity contribution >= 4 is 33.4 Å². The molecule has 3 aromatic heterocycles. The third kappa shape index (κ3) is 3.87. The highest BCUT2D eigenvalue weighted by atomic mass is 32.1. The molecule has 0 spiro atoms. The first-order chi connectivity index (χ1) is 15.1. The van der Waals surface area contributed by atoms with Crippen LogP contribution in [0.1, 0.15) is 36.7 Å². The molecule has 0 aliphatic rings. The van der Waals surface area contributed by atoms with Crippen LogP contribution >= 0.6 is 11.3 Å². The topological polar surface area (TPSA) is 98.9 Å². The van der Waals surface area contributed by atoms with Gasteiger partial charge >= 0.3 is 5.69 Å². The largest absolute Gasteiger partial charge is 0.332 e. The van der Waals surface area contributed by atoms with E-state index >= 15 is 0 Å². The maximum absolute atomic E-state index is 12.7. The maximum atomic E-state index is 12.7. The highest BCUT2D eigenvalue weighted by Gasteiger charge is 2.16. The van der Waals surface area contributed by atoms with Crippen molar-refractivity contribution < 1.29 is 4.79 Å². The van der Waals surface area contributed by atoms with Gasteiger partial charge in [0.05, 0.1) is 16.6 Å². The molecule has 8 nitrogen and oxygen atoms in total. The minimum atomic E-state index is -0.500. The first-order valence-corrected chi connectivity index (χ1v) is 10.9. The van der Waals surface area contributed by atoms with Crippen LogP contribution in [0.2, 0.25) is 0 Å². The minimum Gasteiger partial charge on any atom is -0.298 e. The van der Waals surface area contributed by atoms with Crippen molar-refractivity contribution in [1.29, 1.82) is 0 Å². The number of aromatic nitrogens is 4. The highest BCUT2D eigenvalue weighted by molar-refractivity contribution is 7.14. The van der Waals surface area contributed by atoms with E-state index in [0.717, 1.165) is 15.8 Å². The number of carbonyl (C=O) groups is 1. The zero-order valence-electron chi connectivity index (χ0n) is 18.5. The van der Waals surface area contributed by atoms with Gasteiger partial charge in [-0.25, -0.2) is 14.8 Å². The molecule has 4 aromatic rings. The van der Waals surface area contributed by atoms with E-state index in [9.17, 15) is 14.4 Å². The number of aryl methyl sites for hydroxylation is 1. The third-order valence-corrected chi connectivity index (χ3v) is 6.08. The van der Waals surface area contributed by atoms with E-state index in [2.05, 4.69) is 48.2 Å². The summed E-state index contributed by atoms with van der Waals surface area (Å²) in [6.07, 6.45) is 1.34. The fraction of sp³-hybridized carbons (Fsp3) is 0.261. The van der Waals surface area contributed by atoms with Crippen molar-refractivity contribution in [2.24, 2.45) is 14.1 Å². The first-order valence-electron chi connectivity index (χ1n) is 10.00. The first kappa shape index (κ1) is 21.6. The summed E-state index contributed by atoms with van der Waals surface area (Å²) < 4.78 is 2.26. The van der Waals surface area contributed by atoms with Crippen molar-refractivity contribution in [3.05, 3.63) is 73.9 Å². The number of benzene rings is 1. The predicted octanol–water partition coefficient (Wildman–Crippen LogP) is 3.31. The molecule has 0 bridgehead atoms. The molecule has 164 valence electrons. The van der Waals surface area contributed by atoms with Gasteiger partial charge in [-0.3, -0.25) is 24.0 Å². The molecule has 9 heteroatoms. The summed E-state index contributed by atoms with van der Waals surface area (Å²) in [5, 5.41) is 5.28. The number of nitrogens with zero attached hydrogens (tertiary/aromatic N) is 4. The number of thiazole rings is 1. The lowest BCUT2D eigenvalue weighted by Crippen LogP contribution is -2.37. The Bertz CT molecular complexity index is 1460. The number of hydrogen-bond acceptors (Lipinski definition) is 6. The summed E-state index contributed by atoms with van der Waals surface area (Å²) in [5.74, 6) is -0.431. The number of nitrogens with one attached hydrogen (secondary N) is 1. The second-order valence-electron chi connectivity index (χ2n) is 8.62. The van der Waals surface area contributed by atoms with Crippen LogP contribution in [0.25, 0.3) is 22.3 Å². The summed E-state index contributed by atoms with van der Waals surface area (Å²) in [6.45, 7) is 6.49. The van der Waals surface area contributed by atoms with E-state index in [4.69, 9.17) is 0 Å². The van der Waals surface area contributed by atoms with E-state index in [0.29, 0.717) is 5.13 Å². The van der Waals surface area contributed by atoms with Crippen molar-refractivity contribution in [2.75, 3.05) is 5.32 Å². The van der Waals surface area contributed by atoms with E-state index in [-0.39, 0.29) is 22.0 Å². The average Bonchev–Trinajstić information content (AvgIpc) is 3.23. The molecule has 0 fully saturated rings. The van der Waals surface area contributed by atoms with Gasteiger partial charge in [-0.2, -0.15) is 0 Å². The van der Waals surface area contributed by atoms with Crippen molar-refractivity contribution in [3.8, 4) is 11.3 Å². The number of rotatable bonds is 3. The molecule has 32 heavy (non-hydrogen) atoms. The Hall–Kier alpha value is -3.59. The van der Waals surface area contributed by atoms with Crippen LogP contribution in [0, 0.1) is 0 Å². The van der Waals surface area contributed by atoms with Crippen LogP contribution in [0.5, 0.6) is 0 Å². The number of hydrogen-bond donors (Lipinski definition) is 1. The quantitative estimate of drug-likeness (QED) is 0.517. The van der Waals surface area contributed by atoms with Crippen LogP contribution in [0.15, 0.2) is 51.5 Å². The van der Waals surface area contributed by atoms with Gasteiger partial charge in [-0.05, 0) is 17.0 Å². The van der Waals surface area contributed by atoms with E-state index < -0.39 is 17.2 Å². The van der Waals surface area contributed by atoms with Gasteiger partial charge in [-0.15, -0.1) is 11.3 Å². The highest BCUT2D eigenvalue weighted by Crippen LogP contribution is 2.28. The molecule has 0 saturated heterocycles. The second kappa shape index (κ2) is 7.83. The molecule has 1 N–H and O–H groups in total. The van der Waals surface area contributed by atoms with Gasteiger partial charge in [0.1, 0.15) is 5.65 Å². The lowest BCUT2D eigenvalue weighted by atomic mass is 9.86. The van der Waals surface area contributed by atoms with Crippen LogP contribution in [0.4, 0.5) is 5.13 Å². The molecule has 0 saturated carbocycles. The number of pyridine rings is 1. The van der Waals surface area contributed by atoms with Crippen molar-refractivity contribution in [1.82, 2.24) is 19.1 Å². The Balaban J connectivity index is 1.59. The summed E-state index contributed by atoms with van der Waals surface area (Å²) in [4.78, 5) is 45.9. The predicted molar refractivity (Wildman–Crippen MR) is 126 cm³/mol. The van der Waals surface area contributed by atoms with Gasteiger partial charge in [0, 0.05) is 31.2 Å². The van der Waals surface area contributed by atoms with Gasteiger partial charge in [0.2, 0.25) is 0 Å². The lowest BCUT2D eigenvalue weighted by molar-refractivity contribution is 0.102. The standard InChI is InChI=1S/C23H23N5O3S/c1-23(2,3)15-8-6-13(7-9-15)17-12-32-21(25-17)26-19(29)14-10-16-18(24-11-14)27(4)22(31)28(5)20(16)30/h6-12H,1-5H3,(H,25,26,29).